The van der Waals surface area contributed by atoms with Crippen molar-refractivity contribution in [1.29, 1.82) is 0 Å². The maximum atomic E-state index is 3.32. The first kappa shape index (κ1) is 58.4. The van der Waals surface area contributed by atoms with E-state index in [9.17, 15) is 0 Å². The van der Waals surface area contributed by atoms with Gasteiger partial charge in [0.15, 0.2) is 0 Å². The smallest absolute Gasteiger partial charge is 0.0102 e. The predicted octanol–water partition coefficient (Wildman–Crippen LogP) is 22.5. The van der Waals surface area contributed by atoms with Crippen LogP contribution in [-0.4, -0.2) is 46.1 Å². The third-order valence-electron chi connectivity index (χ3n) is 28.8. The summed E-state index contributed by atoms with van der Waals surface area (Å²) in [6.07, 6.45) is 88.7. The van der Waals surface area contributed by atoms with E-state index in [1.54, 1.807) is 103 Å². The highest BCUT2D eigenvalue weighted by molar-refractivity contribution is 5.17. The molecule has 0 radical (unpaired) electrons. The number of rotatable bonds is 14. The number of fused-ring (bicyclic) bond motifs is 3. The second-order valence-electron chi connectivity index (χ2n) is 33.0. The Bertz CT molecular complexity index is 1690. The molecule has 0 saturated heterocycles. The van der Waals surface area contributed by atoms with Crippen LogP contribution >= 0.6 is 0 Å². The summed E-state index contributed by atoms with van der Waals surface area (Å²) in [5, 5.41) is 0. The van der Waals surface area contributed by atoms with Crippen molar-refractivity contribution < 1.29 is 0 Å². The second kappa shape index (κ2) is 28.9. The van der Waals surface area contributed by atoms with Crippen molar-refractivity contribution in [3.63, 3.8) is 0 Å². The van der Waals surface area contributed by atoms with Crippen LogP contribution in [0.25, 0.3) is 0 Å². The van der Waals surface area contributed by atoms with E-state index in [4.69, 9.17) is 0 Å². The Morgan fingerprint density at radius 2 is 0.438 bits per heavy atom. The van der Waals surface area contributed by atoms with Crippen LogP contribution in [0.1, 0.15) is 347 Å². The summed E-state index contributed by atoms with van der Waals surface area (Å²) in [6.45, 7) is 0. The topological polar surface area (TPSA) is 6.48 Å². The van der Waals surface area contributed by atoms with Crippen molar-refractivity contribution in [1.82, 2.24) is 9.80 Å². The van der Waals surface area contributed by atoms with E-state index < -0.39 is 0 Å². The average molecular weight is 1100 g/mol. The molecule has 0 amide bonds. The normalized spacial score (nSPS) is 40.5. The van der Waals surface area contributed by atoms with Gasteiger partial charge in [0.05, 0.1) is 0 Å². The fraction of sp³-hybridized carbons (Fsp3) is 0.949. The van der Waals surface area contributed by atoms with E-state index in [1.807, 2.05) is 11.1 Å². The van der Waals surface area contributed by atoms with Gasteiger partial charge in [0.25, 0.3) is 0 Å². The van der Waals surface area contributed by atoms with E-state index in [2.05, 4.69) is 22.0 Å². The van der Waals surface area contributed by atoms with Crippen molar-refractivity contribution in [3.05, 3.63) is 23.3 Å². The van der Waals surface area contributed by atoms with E-state index in [0.29, 0.717) is 0 Å². The van der Waals surface area contributed by atoms with Gasteiger partial charge in [-0.2, -0.15) is 0 Å². The van der Waals surface area contributed by atoms with Gasteiger partial charge in [0.1, 0.15) is 0 Å². The molecular formula is C78H130N2. The molecule has 0 bridgehead atoms. The molecule has 13 aliphatic rings. The van der Waals surface area contributed by atoms with Crippen molar-refractivity contribution in [2.45, 2.75) is 383 Å². The molecule has 0 aromatic rings. The van der Waals surface area contributed by atoms with E-state index in [0.717, 1.165) is 119 Å². The molecule has 6 unspecified atom stereocenters. The van der Waals surface area contributed by atoms with Crippen LogP contribution in [0.2, 0.25) is 0 Å². The first-order chi connectivity index (χ1) is 39.6. The Hall–Kier alpha value is -0.600. The first-order valence-corrected chi connectivity index (χ1v) is 38.6. The van der Waals surface area contributed by atoms with E-state index in [1.165, 1.54) is 244 Å². The fourth-order valence-corrected chi connectivity index (χ4v) is 24.6. The third kappa shape index (κ3) is 14.2. The zero-order valence-corrected chi connectivity index (χ0v) is 52.8. The standard InChI is InChI=1S/C78H130N2/c1-7-19-61(20-8-1)77(62-21-9-2-10-22-62)53-57-31-43-71(44-32-57)79(69-27-15-5-16-28-69)73-47-37-59(38-48-73)65-41-51-75-67(55-65)35-36-68-56-66(42-52-76(68)75)60-39-49-74(50-40-60)80(70-29-17-6-18-30-70)72-45-33-58(34-46-72)54-78(63-23-11-3-12-24-63)64-25-13-4-14-26-64/h53-54,57-76H,1-52,55-56H2. The van der Waals surface area contributed by atoms with Crippen molar-refractivity contribution >= 4 is 0 Å². The summed E-state index contributed by atoms with van der Waals surface area (Å²) in [6, 6.07) is 5.41. The summed E-state index contributed by atoms with van der Waals surface area (Å²) in [4.78, 5) is 6.64. The third-order valence-corrected chi connectivity index (χ3v) is 28.8. The lowest BCUT2D eigenvalue weighted by Gasteiger charge is -2.54. The zero-order valence-electron chi connectivity index (χ0n) is 52.8. The van der Waals surface area contributed by atoms with Crippen LogP contribution in [0.15, 0.2) is 23.3 Å². The zero-order chi connectivity index (χ0) is 53.5. The van der Waals surface area contributed by atoms with Gasteiger partial charge in [-0.3, -0.25) is 9.80 Å². The average Bonchev–Trinajstić information content (AvgIpc) is 3.57. The number of hydrogen-bond donors (Lipinski definition) is 0. The molecule has 13 rings (SSSR count). The molecular weight excluding hydrogens is 965 g/mol. The number of hydrogen-bond acceptors (Lipinski definition) is 2. The van der Waals surface area contributed by atoms with Crippen LogP contribution in [0.4, 0.5) is 0 Å². The lowest BCUT2D eigenvalue weighted by atomic mass is 9.53. The summed E-state index contributed by atoms with van der Waals surface area (Å²) < 4.78 is 0. The predicted molar refractivity (Wildman–Crippen MR) is 341 cm³/mol. The SMILES string of the molecule is C(=C(C1CCCCC1)C1CCCCC1)C1CCC(N(C2CCCCC2)C2CCC(C3CCC4C(CCC5CC(C6CCC(N(C7CCCCC7)C7CCC(C=C(C8CCCCC8)C8CCCCC8)CC7)CC6)CCC54)C3)CC2)CC1. The van der Waals surface area contributed by atoms with Crippen LogP contribution in [0.3, 0.4) is 0 Å². The maximum Gasteiger partial charge on any atom is 0.0102 e. The Morgan fingerprint density at radius 3 is 0.738 bits per heavy atom. The summed E-state index contributed by atoms with van der Waals surface area (Å²) >= 11 is 0. The van der Waals surface area contributed by atoms with Crippen molar-refractivity contribution in [2.24, 2.45) is 82.9 Å². The molecule has 0 aromatic carbocycles. The van der Waals surface area contributed by atoms with Gasteiger partial charge in [-0.15, -0.1) is 0 Å². The number of allylic oxidation sites excluding steroid dienone is 4. The number of nitrogens with zero attached hydrogens (tertiary/aromatic N) is 2. The fourth-order valence-electron chi connectivity index (χ4n) is 24.6. The van der Waals surface area contributed by atoms with E-state index in [-0.39, 0.29) is 0 Å². The van der Waals surface area contributed by atoms with Gasteiger partial charge in [0.2, 0.25) is 0 Å². The van der Waals surface area contributed by atoms with Gasteiger partial charge >= 0.3 is 0 Å². The Balaban J connectivity index is 0.571. The molecule has 0 aliphatic heterocycles. The molecule has 0 N–H and O–H groups in total. The largest absolute Gasteiger partial charge is 0.294 e. The molecule has 80 heavy (non-hydrogen) atoms. The quantitative estimate of drug-likeness (QED) is 0.160. The Kier molecular flexibility index (Phi) is 21.1. The van der Waals surface area contributed by atoms with Crippen LogP contribution in [-0.2, 0) is 0 Å². The van der Waals surface area contributed by atoms with Gasteiger partial charge < -0.3 is 0 Å². The van der Waals surface area contributed by atoms with Crippen LogP contribution < -0.4 is 0 Å². The summed E-state index contributed by atoms with van der Waals surface area (Å²) in [7, 11) is 0. The maximum absolute atomic E-state index is 3.32. The summed E-state index contributed by atoms with van der Waals surface area (Å²) in [5.41, 5.74) is 4.01. The van der Waals surface area contributed by atoms with Crippen molar-refractivity contribution in [3.8, 4) is 0 Å². The highest BCUT2D eigenvalue weighted by Gasteiger charge is 2.48. The molecule has 6 atom stereocenters. The van der Waals surface area contributed by atoms with Crippen LogP contribution in [0.5, 0.6) is 0 Å². The highest BCUT2D eigenvalue weighted by Crippen LogP contribution is 2.57. The highest BCUT2D eigenvalue weighted by atomic mass is 15.2. The molecule has 13 saturated carbocycles. The minimum Gasteiger partial charge on any atom is -0.294 e. The molecule has 2 nitrogen and oxygen atoms in total. The summed E-state index contributed by atoms with van der Waals surface area (Å²) in [5.74, 6) is 14.2. The lowest BCUT2D eigenvalue weighted by molar-refractivity contribution is -0.0353. The van der Waals surface area contributed by atoms with E-state index >= 15 is 0 Å². The van der Waals surface area contributed by atoms with Gasteiger partial charge in [-0.1, -0.05) is 139 Å². The Labute approximate surface area is 496 Å². The first-order valence-electron chi connectivity index (χ1n) is 38.6. The van der Waals surface area contributed by atoms with Gasteiger partial charge in [-0.25, -0.2) is 0 Å². The molecule has 13 fully saturated rings. The monoisotopic (exact) mass is 1100 g/mol. The van der Waals surface area contributed by atoms with Gasteiger partial charge in [0, 0.05) is 36.3 Å². The molecule has 0 aromatic heterocycles. The van der Waals surface area contributed by atoms with Crippen molar-refractivity contribution in [2.75, 3.05) is 0 Å². The molecule has 0 heterocycles. The molecule has 452 valence electrons. The minimum atomic E-state index is 0.888. The molecule has 2 heteroatoms. The molecule has 13 aliphatic carbocycles. The lowest BCUT2D eigenvalue weighted by Crippen LogP contribution is -2.52. The Morgan fingerprint density at radius 1 is 0.200 bits per heavy atom. The molecule has 0 spiro atoms. The minimum absolute atomic E-state index is 0.888. The second-order valence-corrected chi connectivity index (χ2v) is 33.0. The van der Waals surface area contributed by atoms with Gasteiger partial charge in [-0.05, 0) is 314 Å². The van der Waals surface area contributed by atoms with Crippen LogP contribution in [0, 0.1) is 82.9 Å².